The summed E-state index contributed by atoms with van der Waals surface area (Å²) in [5.41, 5.74) is 1.40. The molecule has 4 heteroatoms. The number of likely N-dealkylation sites (tertiary alicyclic amines) is 1. The Kier molecular flexibility index (Phi) is 3.57. The fourth-order valence-corrected chi connectivity index (χ4v) is 3.04. The molecule has 0 unspecified atom stereocenters. The summed E-state index contributed by atoms with van der Waals surface area (Å²) in [6.07, 6.45) is 4.08. The van der Waals surface area contributed by atoms with Gasteiger partial charge in [-0.15, -0.1) is 0 Å². The summed E-state index contributed by atoms with van der Waals surface area (Å²) in [4.78, 5) is 17.7. The first kappa shape index (κ1) is 13.3. The van der Waals surface area contributed by atoms with Gasteiger partial charge in [-0.2, -0.15) is 0 Å². The molecule has 106 valence electrons. The normalized spacial score (nSPS) is 20.4. The molecular weight excluding hydrogens is 255 g/mol. The number of H-pyrrole nitrogens is 1. The number of carbonyl (C=O) groups excluding carboxylic acids is 1. The number of nitrogens with zero attached hydrogens (tertiary/aromatic N) is 1. The van der Waals surface area contributed by atoms with Gasteiger partial charge in [0.1, 0.15) is 5.82 Å². The van der Waals surface area contributed by atoms with Gasteiger partial charge in [-0.1, -0.05) is 6.92 Å². The maximum atomic E-state index is 13.3. The molecule has 1 aromatic carbocycles. The van der Waals surface area contributed by atoms with Gasteiger partial charge >= 0.3 is 0 Å². The van der Waals surface area contributed by atoms with Crippen LogP contribution in [0.2, 0.25) is 0 Å². The topological polar surface area (TPSA) is 36.1 Å². The van der Waals surface area contributed by atoms with E-state index in [0.29, 0.717) is 23.4 Å². The summed E-state index contributed by atoms with van der Waals surface area (Å²) < 4.78 is 13.3. The van der Waals surface area contributed by atoms with Crippen LogP contribution in [-0.4, -0.2) is 35.3 Å². The molecular formula is C16H19FN2O. The van der Waals surface area contributed by atoms with Crippen molar-refractivity contribution < 1.29 is 9.18 Å². The average molecular weight is 274 g/mol. The van der Waals surface area contributed by atoms with Crippen LogP contribution < -0.4 is 0 Å². The highest BCUT2D eigenvalue weighted by Gasteiger charge is 2.20. The smallest absolute Gasteiger partial charge is 0.178 e. The number of aromatic amines is 1. The van der Waals surface area contributed by atoms with Crippen molar-refractivity contribution in [3.8, 4) is 0 Å². The number of carbonyl (C=O) groups is 1. The number of hydrogen-bond donors (Lipinski definition) is 1. The van der Waals surface area contributed by atoms with Gasteiger partial charge in [0, 0.05) is 29.2 Å². The predicted octanol–water partition coefficient (Wildman–Crippen LogP) is 3.22. The summed E-state index contributed by atoms with van der Waals surface area (Å²) in [6, 6.07) is 4.50. The largest absolute Gasteiger partial charge is 0.360 e. The number of ketones is 1. The second kappa shape index (κ2) is 5.37. The fourth-order valence-electron chi connectivity index (χ4n) is 3.04. The lowest BCUT2D eigenvalue weighted by molar-refractivity contribution is 0.0894. The van der Waals surface area contributed by atoms with Crippen molar-refractivity contribution in [2.45, 2.75) is 19.8 Å². The van der Waals surface area contributed by atoms with Gasteiger partial charge in [0.2, 0.25) is 0 Å². The van der Waals surface area contributed by atoms with E-state index in [1.54, 1.807) is 12.3 Å². The minimum Gasteiger partial charge on any atom is -0.360 e. The molecule has 3 nitrogen and oxygen atoms in total. The molecule has 1 aliphatic heterocycles. The van der Waals surface area contributed by atoms with Gasteiger partial charge in [-0.25, -0.2) is 4.39 Å². The van der Waals surface area contributed by atoms with E-state index in [0.717, 1.165) is 25.0 Å². The summed E-state index contributed by atoms with van der Waals surface area (Å²) in [7, 11) is 0. The molecule has 0 spiro atoms. The van der Waals surface area contributed by atoms with Gasteiger partial charge in [0.15, 0.2) is 5.78 Å². The maximum absolute atomic E-state index is 13.3. The van der Waals surface area contributed by atoms with E-state index < -0.39 is 0 Å². The zero-order valence-electron chi connectivity index (χ0n) is 11.7. The molecule has 1 atom stereocenters. The van der Waals surface area contributed by atoms with Crippen LogP contribution in [0.25, 0.3) is 10.9 Å². The number of nitrogens with one attached hydrogen (secondary N) is 1. The molecule has 3 rings (SSSR count). The molecule has 0 saturated carbocycles. The molecule has 1 saturated heterocycles. The molecule has 1 N–H and O–H groups in total. The number of Topliss-reactive ketones (excluding diaryl/α,β-unsaturated/α-hetero) is 1. The second-order valence-corrected chi connectivity index (χ2v) is 5.80. The van der Waals surface area contributed by atoms with Crippen LogP contribution in [0.15, 0.2) is 24.4 Å². The van der Waals surface area contributed by atoms with E-state index in [-0.39, 0.29) is 11.6 Å². The van der Waals surface area contributed by atoms with Crippen LogP contribution in [0.5, 0.6) is 0 Å². The Morgan fingerprint density at radius 3 is 3.15 bits per heavy atom. The third-order valence-electron chi connectivity index (χ3n) is 4.05. The van der Waals surface area contributed by atoms with Crippen molar-refractivity contribution in [2.24, 2.45) is 5.92 Å². The standard InChI is InChI=1S/C16H19FN2O/c1-11-3-2-6-19(9-11)10-16(20)14-8-18-15-5-4-12(17)7-13(14)15/h4-5,7-8,11,18H,2-3,6,9-10H2,1H3/t11-/m1/s1. The number of rotatable bonds is 3. The Labute approximate surface area is 117 Å². The lowest BCUT2D eigenvalue weighted by Crippen LogP contribution is -2.37. The number of piperidine rings is 1. The first-order valence-corrected chi connectivity index (χ1v) is 7.15. The highest BCUT2D eigenvalue weighted by Crippen LogP contribution is 2.21. The third-order valence-corrected chi connectivity index (χ3v) is 4.05. The van der Waals surface area contributed by atoms with E-state index in [1.165, 1.54) is 18.6 Å². The lowest BCUT2D eigenvalue weighted by Gasteiger charge is -2.30. The van der Waals surface area contributed by atoms with Crippen LogP contribution >= 0.6 is 0 Å². The number of halogens is 1. The number of fused-ring (bicyclic) bond motifs is 1. The minimum absolute atomic E-state index is 0.0657. The first-order valence-electron chi connectivity index (χ1n) is 7.15. The summed E-state index contributed by atoms with van der Waals surface area (Å²) in [6.45, 7) is 4.60. The van der Waals surface area contributed by atoms with E-state index in [2.05, 4.69) is 16.8 Å². The van der Waals surface area contributed by atoms with Crippen molar-refractivity contribution in [1.82, 2.24) is 9.88 Å². The van der Waals surface area contributed by atoms with Crippen LogP contribution in [0.3, 0.4) is 0 Å². The van der Waals surface area contributed by atoms with Gasteiger partial charge < -0.3 is 4.98 Å². The first-order chi connectivity index (χ1) is 9.63. The van der Waals surface area contributed by atoms with Crippen LogP contribution in [0.1, 0.15) is 30.1 Å². The Hall–Kier alpha value is -1.68. The highest BCUT2D eigenvalue weighted by atomic mass is 19.1. The number of benzene rings is 1. The van der Waals surface area contributed by atoms with Crippen LogP contribution in [-0.2, 0) is 0 Å². The molecule has 0 radical (unpaired) electrons. The van der Waals surface area contributed by atoms with Crippen molar-refractivity contribution in [1.29, 1.82) is 0 Å². The summed E-state index contributed by atoms with van der Waals surface area (Å²) in [5, 5.41) is 0.681. The summed E-state index contributed by atoms with van der Waals surface area (Å²) >= 11 is 0. The quantitative estimate of drug-likeness (QED) is 0.872. The number of hydrogen-bond acceptors (Lipinski definition) is 2. The van der Waals surface area contributed by atoms with E-state index in [4.69, 9.17) is 0 Å². The molecule has 2 aromatic rings. The van der Waals surface area contributed by atoms with Gasteiger partial charge in [-0.05, 0) is 43.5 Å². The minimum atomic E-state index is -0.308. The van der Waals surface area contributed by atoms with E-state index in [1.807, 2.05) is 0 Å². The van der Waals surface area contributed by atoms with Crippen molar-refractivity contribution in [3.63, 3.8) is 0 Å². The van der Waals surface area contributed by atoms with Crippen LogP contribution in [0, 0.1) is 11.7 Å². The summed E-state index contributed by atoms with van der Waals surface area (Å²) in [5.74, 6) is 0.408. The number of aromatic nitrogens is 1. The molecule has 0 bridgehead atoms. The Morgan fingerprint density at radius 1 is 1.50 bits per heavy atom. The molecule has 1 fully saturated rings. The molecule has 0 amide bonds. The second-order valence-electron chi connectivity index (χ2n) is 5.80. The third kappa shape index (κ3) is 2.61. The average Bonchev–Trinajstić information content (AvgIpc) is 2.81. The molecule has 2 heterocycles. The molecule has 0 aliphatic carbocycles. The van der Waals surface area contributed by atoms with Crippen LogP contribution in [0.4, 0.5) is 4.39 Å². The van der Waals surface area contributed by atoms with Crippen molar-refractivity contribution in [2.75, 3.05) is 19.6 Å². The Morgan fingerprint density at radius 2 is 2.35 bits per heavy atom. The van der Waals surface area contributed by atoms with E-state index in [9.17, 15) is 9.18 Å². The Balaban J connectivity index is 1.80. The fraction of sp³-hybridized carbons (Fsp3) is 0.438. The monoisotopic (exact) mass is 274 g/mol. The lowest BCUT2D eigenvalue weighted by atomic mass is 9.99. The predicted molar refractivity (Wildman–Crippen MR) is 77.4 cm³/mol. The van der Waals surface area contributed by atoms with Gasteiger partial charge in [0.25, 0.3) is 0 Å². The van der Waals surface area contributed by atoms with Crippen molar-refractivity contribution in [3.05, 3.63) is 35.8 Å². The maximum Gasteiger partial charge on any atom is 0.178 e. The Bertz CT molecular complexity index is 634. The van der Waals surface area contributed by atoms with Gasteiger partial charge in [-0.3, -0.25) is 9.69 Å². The highest BCUT2D eigenvalue weighted by molar-refractivity contribution is 6.08. The molecule has 1 aliphatic rings. The zero-order chi connectivity index (χ0) is 14.1. The van der Waals surface area contributed by atoms with Gasteiger partial charge in [0.05, 0.1) is 6.54 Å². The zero-order valence-corrected chi connectivity index (χ0v) is 11.7. The van der Waals surface area contributed by atoms with Crippen molar-refractivity contribution >= 4 is 16.7 Å². The molecule has 1 aromatic heterocycles. The molecule has 20 heavy (non-hydrogen) atoms. The van der Waals surface area contributed by atoms with E-state index >= 15 is 0 Å². The SMILES string of the molecule is C[C@@H]1CCCN(CC(=O)c2c[nH]c3ccc(F)cc23)C1.